The molecule has 232 valence electrons. The van der Waals surface area contributed by atoms with E-state index in [9.17, 15) is 26.3 Å². The lowest BCUT2D eigenvalue weighted by molar-refractivity contribution is -0.0312. The number of ether oxygens (including phenoxy) is 2. The molecule has 3 aromatic carbocycles. The van der Waals surface area contributed by atoms with Gasteiger partial charge in [-0.25, -0.2) is 25.9 Å². The molecule has 2 aliphatic heterocycles. The predicted octanol–water partition coefficient (Wildman–Crippen LogP) is 2.74. The summed E-state index contributed by atoms with van der Waals surface area (Å²) in [6.45, 7) is 1.37. The Morgan fingerprint density at radius 2 is 1.65 bits per heavy atom. The van der Waals surface area contributed by atoms with Crippen molar-refractivity contribution in [1.82, 2.24) is 14.3 Å². The van der Waals surface area contributed by atoms with Gasteiger partial charge in [-0.1, -0.05) is 30.3 Å². The Balaban J connectivity index is 1.08. The Bertz CT molecular complexity index is 1610. The van der Waals surface area contributed by atoms with Crippen molar-refractivity contribution in [2.24, 2.45) is 0 Å². The minimum atomic E-state index is -3.67. The minimum absolute atomic E-state index is 0.000845. The van der Waals surface area contributed by atoms with Gasteiger partial charge in [0.15, 0.2) is 0 Å². The number of aliphatic hydroxyl groups is 1. The molecular weight excluding hydrogens is 597 g/mol. The van der Waals surface area contributed by atoms with E-state index in [0.717, 1.165) is 11.1 Å². The van der Waals surface area contributed by atoms with Crippen LogP contribution in [0.15, 0.2) is 82.6 Å². The molecule has 5 rings (SSSR count). The van der Waals surface area contributed by atoms with Gasteiger partial charge in [0.05, 0.1) is 22.0 Å². The molecule has 2 unspecified atom stereocenters. The highest BCUT2D eigenvalue weighted by Crippen LogP contribution is 2.37. The van der Waals surface area contributed by atoms with Gasteiger partial charge in [-0.15, -0.1) is 0 Å². The first-order valence-corrected chi connectivity index (χ1v) is 17.0. The van der Waals surface area contributed by atoms with E-state index in [1.807, 2.05) is 0 Å². The van der Waals surface area contributed by atoms with E-state index in [-0.39, 0.29) is 34.8 Å². The van der Waals surface area contributed by atoms with Crippen LogP contribution in [0, 0.1) is 5.82 Å². The number of hydrogen-bond acceptors (Lipinski definition) is 8. The molecule has 10 nitrogen and oxygen atoms in total. The Kier molecular flexibility index (Phi) is 9.52. The summed E-state index contributed by atoms with van der Waals surface area (Å²) in [5.41, 5.74) is 1.19. The first-order valence-electron chi connectivity index (χ1n) is 14.1. The van der Waals surface area contributed by atoms with Gasteiger partial charge >= 0.3 is 0 Å². The number of piperidine rings is 1. The van der Waals surface area contributed by atoms with Crippen LogP contribution in [0.5, 0.6) is 5.75 Å². The van der Waals surface area contributed by atoms with E-state index < -0.39 is 31.8 Å². The van der Waals surface area contributed by atoms with Crippen molar-refractivity contribution in [2.75, 3.05) is 39.9 Å². The van der Waals surface area contributed by atoms with Gasteiger partial charge in [-0.05, 0) is 73.8 Å². The molecule has 0 radical (unpaired) electrons. The molecule has 3 aromatic rings. The quantitative estimate of drug-likeness (QED) is 0.294. The molecule has 0 aromatic heterocycles. The van der Waals surface area contributed by atoms with Gasteiger partial charge in [-0.2, -0.15) is 4.31 Å². The van der Waals surface area contributed by atoms with Crippen LogP contribution < -0.4 is 14.8 Å². The van der Waals surface area contributed by atoms with Crippen molar-refractivity contribution in [1.29, 1.82) is 0 Å². The summed E-state index contributed by atoms with van der Waals surface area (Å²) in [6, 6.07) is 18.7. The third-order valence-corrected chi connectivity index (χ3v) is 11.3. The highest BCUT2D eigenvalue weighted by molar-refractivity contribution is 7.89. The highest BCUT2D eigenvalue weighted by atomic mass is 32.2. The van der Waals surface area contributed by atoms with E-state index >= 15 is 0 Å². The summed E-state index contributed by atoms with van der Waals surface area (Å²) in [7, 11) is -5.94. The van der Waals surface area contributed by atoms with Gasteiger partial charge in [0.2, 0.25) is 20.0 Å². The van der Waals surface area contributed by atoms with Crippen LogP contribution in [0.25, 0.3) is 11.1 Å². The number of rotatable bonds is 11. The molecule has 1 spiro atoms. The molecule has 0 bridgehead atoms. The van der Waals surface area contributed by atoms with Crippen molar-refractivity contribution in [2.45, 2.75) is 46.8 Å². The number of nitrogens with zero attached hydrogens (tertiary/aromatic N) is 1. The van der Waals surface area contributed by atoms with Crippen molar-refractivity contribution >= 4 is 20.0 Å². The Morgan fingerprint density at radius 3 is 2.30 bits per heavy atom. The zero-order valence-electron chi connectivity index (χ0n) is 23.8. The number of benzene rings is 3. The van der Waals surface area contributed by atoms with Crippen LogP contribution in [0.1, 0.15) is 19.3 Å². The average Bonchev–Trinajstić information content (AvgIpc) is 3.41. The lowest BCUT2D eigenvalue weighted by Gasteiger charge is -2.38. The molecule has 43 heavy (non-hydrogen) atoms. The zero-order chi connectivity index (χ0) is 30.7. The number of aliphatic hydroxyl groups excluding tert-OH is 1. The fourth-order valence-corrected chi connectivity index (χ4v) is 7.68. The second-order valence-corrected chi connectivity index (χ2v) is 14.7. The lowest BCUT2D eigenvalue weighted by atomic mass is 9.88. The smallest absolute Gasteiger partial charge is 0.243 e. The summed E-state index contributed by atoms with van der Waals surface area (Å²) >= 11 is 0. The number of halogens is 1. The average molecular weight is 634 g/mol. The molecule has 2 atom stereocenters. The molecule has 2 saturated heterocycles. The van der Waals surface area contributed by atoms with Gasteiger partial charge in [0.1, 0.15) is 24.3 Å². The topological polar surface area (TPSA) is 134 Å². The van der Waals surface area contributed by atoms with Gasteiger partial charge in [-0.3, -0.25) is 0 Å². The SMILES string of the molecule is CNS(=O)(=O)c1cccc(OCC(O)CNC2COC3(CCN(S(=O)(=O)c4ccc(-c5ccc(F)cc5)cc4)CC3)C2)c1. The van der Waals surface area contributed by atoms with Gasteiger partial charge in [0, 0.05) is 31.7 Å². The lowest BCUT2D eigenvalue weighted by Crippen LogP contribution is -2.47. The van der Waals surface area contributed by atoms with Crippen molar-refractivity contribution < 1.29 is 35.8 Å². The molecule has 2 aliphatic rings. The molecule has 0 aliphatic carbocycles. The van der Waals surface area contributed by atoms with Crippen LogP contribution in [0.3, 0.4) is 0 Å². The summed E-state index contributed by atoms with van der Waals surface area (Å²) in [6.07, 6.45) is 0.998. The van der Waals surface area contributed by atoms with Crippen molar-refractivity contribution in [3.8, 4) is 16.9 Å². The van der Waals surface area contributed by atoms with E-state index in [0.29, 0.717) is 44.7 Å². The van der Waals surface area contributed by atoms with Crippen LogP contribution in [0.4, 0.5) is 4.39 Å². The molecule has 2 fully saturated rings. The van der Waals surface area contributed by atoms with Crippen molar-refractivity contribution in [3.05, 3.63) is 78.6 Å². The summed E-state index contributed by atoms with van der Waals surface area (Å²) in [4.78, 5) is 0.292. The maximum atomic E-state index is 13.3. The minimum Gasteiger partial charge on any atom is -0.491 e. The largest absolute Gasteiger partial charge is 0.491 e. The second-order valence-electron chi connectivity index (χ2n) is 10.9. The molecule has 3 N–H and O–H groups in total. The molecule has 0 saturated carbocycles. The Hall–Kier alpha value is -2.91. The summed E-state index contributed by atoms with van der Waals surface area (Å²) < 4.78 is 79.4. The number of hydrogen-bond donors (Lipinski definition) is 3. The number of sulfonamides is 2. The monoisotopic (exact) mass is 633 g/mol. The van der Waals surface area contributed by atoms with E-state index in [2.05, 4.69) is 10.0 Å². The fourth-order valence-electron chi connectivity index (χ4n) is 5.47. The first kappa shape index (κ1) is 31.5. The van der Waals surface area contributed by atoms with E-state index in [1.54, 1.807) is 48.5 Å². The fraction of sp³-hybridized carbons (Fsp3) is 0.400. The normalized spacial score (nSPS) is 19.8. The Morgan fingerprint density at radius 1 is 1.00 bits per heavy atom. The van der Waals surface area contributed by atoms with E-state index in [4.69, 9.17) is 9.47 Å². The van der Waals surface area contributed by atoms with Crippen LogP contribution in [0.2, 0.25) is 0 Å². The van der Waals surface area contributed by atoms with Gasteiger partial charge in [0.25, 0.3) is 0 Å². The maximum Gasteiger partial charge on any atom is 0.243 e. The third kappa shape index (κ3) is 7.43. The van der Waals surface area contributed by atoms with Crippen LogP contribution in [-0.2, 0) is 24.8 Å². The number of nitrogens with one attached hydrogen (secondary N) is 2. The maximum absolute atomic E-state index is 13.3. The molecule has 2 heterocycles. The zero-order valence-corrected chi connectivity index (χ0v) is 25.4. The van der Waals surface area contributed by atoms with Gasteiger partial charge < -0.3 is 19.9 Å². The standard InChI is InChI=1S/C30H36FN3O7S2/c1-32-42(36,37)29-4-2-3-27(17-29)40-21-26(35)19-33-25-18-30(41-20-25)13-15-34(16-14-30)43(38,39)28-11-7-23(8-12-28)22-5-9-24(31)10-6-22/h2-12,17,25-26,32-33,35H,13-16,18-21H2,1H3. The van der Waals surface area contributed by atoms with Crippen molar-refractivity contribution in [3.63, 3.8) is 0 Å². The first-order chi connectivity index (χ1) is 20.5. The third-order valence-electron chi connectivity index (χ3n) is 7.98. The highest BCUT2D eigenvalue weighted by Gasteiger charge is 2.44. The Labute approximate surface area is 251 Å². The predicted molar refractivity (Wildman–Crippen MR) is 159 cm³/mol. The van der Waals surface area contributed by atoms with E-state index in [1.165, 1.54) is 35.6 Å². The molecule has 13 heteroatoms. The summed E-state index contributed by atoms with van der Waals surface area (Å²) in [5, 5.41) is 13.7. The molecule has 0 amide bonds. The molecular formula is C30H36FN3O7S2. The second kappa shape index (κ2) is 13.0. The van der Waals surface area contributed by atoms with Crippen LogP contribution in [-0.4, -0.2) is 83.9 Å². The van der Waals surface area contributed by atoms with Crippen LogP contribution >= 0.6 is 0 Å². The summed E-state index contributed by atoms with van der Waals surface area (Å²) in [5.74, 6) is 0.0101.